The number of fused-ring (bicyclic) bond motifs is 2. The molecular formula is C21H22BN4O2. The van der Waals surface area contributed by atoms with E-state index >= 15 is 0 Å². The summed E-state index contributed by atoms with van der Waals surface area (Å²) < 4.78 is 5.31. The van der Waals surface area contributed by atoms with Gasteiger partial charge in [-0.2, -0.15) is 0 Å². The van der Waals surface area contributed by atoms with Gasteiger partial charge >= 0.3 is 0 Å². The van der Waals surface area contributed by atoms with E-state index in [1.54, 1.807) is 4.90 Å². The topological polar surface area (TPSA) is 67.3 Å². The Labute approximate surface area is 166 Å². The number of carbonyl (C=O) groups is 1. The van der Waals surface area contributed by atoms with Crippen molar-refractivity contribution < 1.29 is 9.53 Å². The van der Waals surface area contributed by atoms with Gasteiger partial charge in [0.15, 0.2) is 0 Å². The molecule has 0 atom stereocenters. The molecule has 2 heterocycles. The average Bonchev–Trinajstić information content (AvgIpc) is 3.13. The molecule has 2 aliphatic rings. The fourth-order valence-corrected chi connectivity index (χ4v) is 3.67. The molecule has 0 bridgehead atoms. The van der Waals surface area contributed by atoms with E-state index in [4.69, 9.17) is 11.2 Å². The highest BCUT2D eigenvalue weighted by Gasteiger charge is 2.25. The molecule has 0 saturated heterocycles. The van der Waals surface area contributed by atoms with Crippen LogP contribution in [0.5, 0.6) is 0 Å². The van der Waals surface area contributed by atoms with Crippen LogP contribution in [0.15, 0.2) is 30.5 Å². The number of hydrogen-bond donors (Lipinski definition) is 1. The van der Waals surface area contributed by atoms with Gasteiger partial charge in [-0.3, -0.25) is 4.79 Å². The fourth-order valence-electron chi connectivity index (χ4n) is 3.67. The van der Waals surface area contributed by atoms with Gasteiger partial charge < -0.3 is 15.0 Å². The van der Waals surface area contributed by atoms with E-state index in [2.05, 4.69) is 45.5 Å². The number of amides is 1. The Balaban J connectivity index is 1.33. The Morgan fingerprint density at radius 3 is 2.86 bits per heavy atom. The number of terminal acetylenes is 1. The number of nitrogens with zero attached hydrogens (tertiary/aromatic N) is 3. The summed E-state index contributed by atoms with van der Waals surface area (Å²) in [5, 5.41) is 3.45. The summed E-state index contributed by atoms with van der Waals surface area (Å²) in [6, 6.07) is 8.84. The standard InChI is InChI=1S/C21H22BN4O2/c1-2-3-8-28-13-19(27)26-12-17-11-23-21(25-20(17)22-14-26)24-18-9-15-6-4-5-7-16(15)10-18/h1,4-7,11,18H,3,8-10,12-14H2,(H,23,24,25). The zero-order valence-electron chi connectivity index (χ0n) is 15.7. The molecule has 0 spiro atoms. The highest BCUT2D eigenvalue weighted by atomic mass is 16.5. The van der Waals surface area contributed by atoms with Gasteiger partial charge in [0.1, 0.15) is 6.61 Å². The number of benzene rings is 1. The van der Waals surface area contributed by atoms with Gasteiger partial charge in [-0.15, -0.1) is 12.3 Å². The Morgan fingerprint density at radius 2 is 2.11 bits per heavy atom. The summed E-state index contributed by atoms with van der Waals surface area (Å²) in [4.78, 5) is 23.1. The van der Waals surface area contributed by atoms with E-state index in [1.807, 2.05) is 13.5 Å². The van der Waals surface area contributed by atoms with Crippen LogP contribution in [0.1, 0.15) is 23.1 Å². The fraction of sp³-hybridized carbons (Fsp3) is 0.381. The third kappa shape index (κ3) is 4.18. The van der Waals surface area contributed by atoms with Gasteiger partial charge in [-0.05, 0) is 30.4 Å². The third-order valence-electron chi connectivity index (χ3n) is 5.12. The Kier molecular flexibility index (Phi) is 5.59. The molecular weight excluding hydrogens is 351 g/mol. The van der Waals surface area contributed by atoms with Crippen molar-refractivity contribution in [3.63, 3.8) is 0 Å². The first-order chi connectivity index (χ1) is 13.7. The first-order valence-corrected chi connectivity index (χ1v) is 9.54. The second kappa shape index (κ2) is 8.45. The lowest BCUT2D eigenvalue weighted by atomic mass is 9.69. The van der Waals surface area contributed by atoms with Crippen LogP contribution in [0.25, 0.3) is 0 Å². The smallest absolute Gasteiger partial charge is 0.248 e. The van der Waals surface area contributed by atoms with E-state index < -0.39 is 0 Å². The van der Waals surface area contributed by atoms with Crippen LogP contribution in [0, 0.1) is 12.3 Å². The number of anilines is 1. The van der Waals surface area contributed by atoms with Crippen LogP contribution in [0.2, 0.25) is 0 Å². The molecule has 1 aliphatic heterocycles. The average molecular weight is 373 g/mol. The largest absolute Gasteiger partial charge is 0.371 e. The maximum atomic E-state index is 12.3. The number of carbonyl (C=O) groups excluding carboxylic acids is 1. The second-order valence-corrected chi connectivity index (χ2v) is 7.11. The minimum absolute atomic E-state index is 0.0492. The number of aromatic nitrogens is 2. The quantitative estimate of drug-likeness (QED) is 0.459. The Morgan fingerprint density at radius 1 is 1.32 bits per heavy atom. The highest BCUT2D eigenvalue weighted by molar-refractivity contribution is 6.53. The summed E-state index contributed by atoms with van der Waals surface area (Å²) in [6.45, 7) is 0.950. The molecule has 1 amide bonds. The minimum atomic E-state index is -0.0511. The zero-order valence-corrected chi connectivity index (χ0v) is 15.7. The second-order valence-electron chi connectivity index (χ2n) is 7.11. The summed E-state index contributed by atoms with van der Waals surface area (Å²) >= 11 is 0. The molecule has 1 aromatic heterocycles. The van der Waals surface area contributed by atoms with Crippen LogP contribution in [0.4, 0.5) is 5.95 Å². The minimum Gasteiger partial charge on any atom is -0.371 e. The van der Waals surface area contributed by atoms with Crippen LogP contribution in [-0.2, 0) is 28.9 Å². The lowest BCUT2D eigenvalue weighted by Gasteiger charge is -2.28. The molecule has 141 valence electrons. The van der Waals surface area contributed by atoms with Crippen molar-refractivity contribution in [1.29, 1.82) is 0 Å². The molecule has 1 radical (unpaired) electrons. The lowest BCUT2D eigenvalue weighted by Crippen LogP contribution is -2.47. The molecule has 6 nitrogen and oxygen atoms in total. The normalized spacial score (nSPS) is 15.3. The molecule has 7 heteroatoms. The first kappa shape index (κ1) is 18.5. The molecule has 28 heavy (non-hydrogen) atoms. The van der Waals surface area contributed by atoms with Gasteiger partial charge in [0.05, 0.1) is 6.61 Å². The van der Waals surface area contributed by atoms with Crippen molar-refractivity contribution in [2.75, 3.05) is 25.0 Å². The van der Waals surface area contributed by atoms with E-state index in [0.29, 0.717) is 38.0 Å². The molecule has 1 aromatic carbocycles. The summed E-state index contributed by atoms with van der Waals surface area (Å²) in [6.07, 6.45) is 10.00. The predicted molar refractivity (Wildman–Crippen MR) is 108 cm³/mol. The molecule has 4 rings (SSSR count). The molecule has 1 N–H and O–H groups in total. The molecule has 0 fully saturated rings. The van der Waals surface area contributed by atoms with Gasteiger partial charge in [0, 0.05) is 36.4 Å². The number of rotatable bonds is 6. The van der Waals surface area contributed by atoms with Gasteiger partial charge in [0.2, 0.25) is 19.1 Å². The van der Waals surface area contributed by atoms with E-state index in [1.165, 1.54) is 11.1 Å². The molecule has 0 unspecified atom stereocenters. The summed E-state index contributed by atoms with van der Waals surface area (Å²) in [5.41, 5.74) is 4.63. The third-order valence-corrected chi connectivity index (χ3v) is 5.12. The van der Waals surface area contributed by atoms with Gasteiger partial charge in [-0.1, -0.05) is 24.3 Å². The summed E-state index contributed by atoms with van der Waals surface area (Å²) in [7, 11) is 1.97. The Bertz CT molecular complexity index is 887. The van der Waals surface area contributed by atoms with Crippen LogP contribution >= 0.6 is 0 Å². The zero-order chi connectivity index (χ0) is 19.3. The number of hydrogen-bond acceptors (Lipinski definition) is 5. The molecule has 2 aromatic rings. The maximum absolute atomic E-state index is 12.3. The van der Waals surface area contributed by atoms with Crippen molar-refractivity contribution in [2.45, 2.75) is 31.8 Å². The van der Waals surface area contributed by atoms with Crippen LogP contribution < -0.4 is 10.9 Å². The predicted octanol–water partition coefficient (Wildman–Crippen LogP) is 0.725. The molecule has 1 aliphatic carbocycles. The van der Waals surface area contributed by atoms with E-state index in [-0.39, 0.29) is 12.5 Å². The monoisotopic (exact) mass is 373 g/mol. The van der Waals surface area contributed by atoms with E-state index in [0.717, 1.165) is 24.0 Å². The molecule has 0 saturated carbocycles. The van der Waals surface area contributed by atoms with Crippen LogP contribution in [-0.4, -0.2) is 53.8 Å². The van der Waals surface area contributed by atoms with Crippen LogP contribution in [0.3, 0.4) is 0 Å². The van der Waals surface area contributed by atoms with Crippen molar-refractivity contribution in [3.8, 4) is 12.3 Å². The highest BCUT2D eigenvalue weighted by Crippen LogP contribution is 2.23. The van der Waals surface area contributed by atoms with Crippen molar-refractivity contribution in [1.82, 2.24) is 14.9 Å². The van der Waals surface area contributed by atoms with Crippen molar-refractivity contribution in [2.24, 2.45) is 0 Å². The number of ether oxygens (including phenoxy) is 1. The van der Waals surface area contributed by atoms with Gasteiger partial charge in [-0.25, -0.2) is 9.97 Å². The van der Waals surface area contributed by atoms with E-state index in [9.17, 15) is 4.79 Å². The first-order valence-electron chi connectivity index (χ1n) is 9.54. The summed E-state index contributed by atoms with van der Waals surface area (Å²) in [5.74, 6) is 3.08. The Hall–Kier alpha value is -2.85. The van der Waals surface area contributed by atoms with Gasteiger partial charge in [0.25, 0.3) is 0 Å². The van der Waals surface area contributed by atoms with Crippen molar-refractivity contribution >= 4 is 24.7 Å². The maximum Gasteiger partial charge on any atom is 0.248 e. The SMILES string of the molecule is C#CCCOCC(=O)N1C[B]c2nc(NC3Cc4ccccc4C3)ncc2C1. The number of nitrogens with one attached hydrogen (secondary N) is 1. The lowest BCUT2D eigenvalue weighted by molar-refractivity contribution is -0.135. The van der Waals surface area contributed by atoms with Crippen molar-refractivity contribution in [3.05, 3.63) is 47.2 Å².